The molecule has 0 bridgehead atoms. The maximum absolute atomic E-state index is 13.9. The van der Waals surface area contributed by atoms with Crippen LogP contribution in [0.4, 0.5) is 4.39 Å². The summed E-state index contributed by atoms with van der Waals surface area (Å²) in [5.41, 5.74) is 4.18. The van der Waals surface area contributed by atoms with E-state index in [2.05, 4.69) is 9.97 Å². The molecule has 0 amide bonds. The van der Waals surface area contributed by atoms with Gasteiger partial charge < -0.3 is 0 Å². The molecule has 22 heavy (non-hydrogen) atoms. The second-order valence-electron chi connectivity index (χ2n) is 5.00. The number of para-hydroxylation sites is 2. The summed E-state index contributed by atoms with van der Waals surface area (Å²) in [5, 5.41) is 0. The average Bonchev–Trinajstić information content (AvgIpc) is 2.99. The van der Waals surface area contributed by atoms with Crippen LogP contribution in [0.1, 0.15) is 0 Å². The lowest BCUT2D eigenvalue weighted by molar-refractivity contribution is 0.587. The molecule has 0 saturated heterocycles. The third-order valence-electron chi connectivity index (χ3n) is 3.65. The van der Waals surface area contributed by atoms with Gasteiger partial charge in [-0.25, -0.2) is 9.97 Å². The molecule has 106 valence electrons. The van der Waals surface area contributed by atoms with Crippen molar-refractivity contribution in [3.8, 4) is 16.8 Å². The van der Waals surface area contributed by atoms with Crippen LogP contribution in [0.5, 0.6) is 0 Å². The molecule has 2 aromatic carbocycles. The molecule has 0 unspecified atom stereocenters. The topological polar surface area (TPSA) is 30.7 Å². The molecule has 2 aromatic heterocycles. The monoisotopic (exact) mass is 289 g/mol. The van der Waals surface area contributed by atoms with Gasteiger partial charge in [-0.3, -0.25) is 4.57 Å². The highest BCUT2D eigenvalue weighted by Gasteiger charge is 2.08. The van der Waals surface area contributed by atoms with Crippen LogP contribution < -0.4 is 0 Å². The summed E-state index contributed by atoms with van der Waals surface area (Å²) in [6, 6.07) is 19.1. The average molecular weight is 289 g/mol. The fourth-order valence-electron chi connectivity index (χ4n) is 2.59. The highest BCUT2D eigenvalue weighted by Crippen LogP contribution is 2.25. The van der Waals surface area contributed by atoms with Gasteiger partial charge in [0, 0.05) is 17.4 Å². The van der Waals surface area contributed by atoms with Gasteiger partial charge in [-0.2, -0.15) is 4.39 Å². The first-order chi connectivity index (χ1) is 10.8. The van der Waals surface area contributed by atoms with E-state index in [-0.39, 0.29) is 0 Å². The second-order valence-corrected chi connectivity index (χ2v) is 5.00. The van der Waals surface area contributed by atoms with E-state index in [0.717, 1.165) is 22.3 Å². The molecule has 0 aliphatic carbocycles. The zero-order valence-electron chi connectivity index (χ0n) is 11.6. The maximum atomic E-state index is 13.9. The van der Waals surface area contributed by atoms with Crippen molar-refractivity contribution in [3.05, 3.63) is 79.1 Å². The standard InChI is InChI=1S/C18H12FN3/c19-18-15(7-4-10-20-18)13-5-3-6-14(11-13)22-12-21-16-8-1-2-9-17(16)22/h1-12H. The maximum Gasteiger partial charge on any atom is 0.220 e. The fourth-order valence-corrected chi connectivity index (χ4v) is 2.59. The Morgan fingerprint density at radius 1 is 0.864 bits per heavy atom. The zero-order chi connectivity index (χ0) is 14.9. The van der Waals surface area contributed by atoms with Crippen molar-refractivity contribution in [1.29, 1.82) is 0 Å². The second kappa shape index (κ2) is 5.07. The van der Waals surface area contributed by atoms with Crippen LogP contribution >= 0.6 is 0 Å². The van der Waals surface area contributed by atoms with Crippen LogP contribution in [0.25, 0.3) is 27.8 Å². The van der Waals surface area contributed by atoms with Gasteiger partial charge in [0.05, 0.1) is 11.0 Å². The van der Waals surface area contributed by atoms with Gasteiger partial charge >= 0.3 is 0 Å². The highest BCUT2D eigenvalue weighted by atomic mass is 19.1. The van der Waals surface area contributed by atoms with Crippen molar-refractivity contribution in [3.63, 3.8) is 0 Å². The normalized spacial score (nSPS) is 11.0. The van der Waals surface area contributed by atoms with Crippen LogP contribution in [-0.4, -0.2) is 14.5 Å². The number of hydrogen-bond acceptors (Lipinski definition) is 2. The van der Waals surface area contributed by atoms with Crippen molar-refractivity contribution in [2.24, 2.45) is 0 Å². The largest absolute Gasteiger partial charge is 0.299 e. The molecule has 0 radical (unpaired) electrons. The quantitative estimate of drug-likeness (QED) is 0.517. The Labute approximate surface area is 126 Å². The molecule has 0 spiro atoms. The van der Waals surface area contributed by atoms with Crippen molar-refractivity contribution >= 4 is 11.0 Å². The minimum absolute atomic E-state index is 0.463. The lowest BCUT2D eigenvalue weighted by Gasteiger charge is -2.08. The molecule has 0 aliphatic rings. The molecular weight excluding hydrogens is 277 g/mol. The van der Waals surface area contributed by atoms with Gasteiger partial charge in [-0.05, 0) is 42.0 Å². The summed E-state index contributed by atoms with van der Waals surface area (Å²) >= 11 is 0. The van der Waals surface area contributed by atoms with E-state index in [1.807, 2.05) is 53.1 Å². The summed E-state index contributed by atoms with van der Waals surface area (Å²) in [6.45, 7) is 0. The first-order valence-corrected chi connectivity index (χ1v) is 6.96. The predicted octanol–water partition coefficient (Wildman–Crippen LogP) is 4.23. The molecular formula is C18H12FN3. The minimum Gasteiger partial charge on any atom is -0.299 e. The molecule has 0 atom stereocenters. The minimum atomic E-state index is -0.463. The van der Waals surface area contributed by atoms with E-state index < -0.39 is 5.95 Å². The Hall–Kier alpha value is -3.01. The number of imidazole rings is 1. The van der Waals surface area contributed by atoms with Crippen LogP contribution in [0.15, 0.2) is 73.2 Å². The molecule has 3 nitrogen and oxygen atoms in total. The van der Waals surface area contributed by atoms with Crippen LogP contribution in [0.2, 0.25) is 0 Å². The van der Waals surface area contributed by atoms with E-state index in [1.54, 1.807) is 18.5 Å². The van der Waals surface area contributed by atoms with Crippen molar-refractivity contribution < 1.29 is 4.39 Å². The molecule has 0 fully saturated rings. The summed E-state index contributed by atoms with van der Waals surface area (Å²) in [6.07, 6.45) is 3.23. The van der Waals surface area contributed by atoms with Crippen LogP contribution in [-0.2, 0) is 0 Å². The van der Waals surface area contributed by atoms with Crippen molar-refractivity contribution in [2.75, 3.05) is 0 Å². The van der Waals surface area contributed by atoms with Gasteiger partial charge in [0.25, 0.3) is 0 Å². The predicted molar refractivity (Wildman–Crippen MR) is 84.3 cm³/mol. The third-order valence-corrected chi connectivity index (χ3v) is 3.65. The Balaban J connectivity index is 1.88. The number of rotatable bonds is 2. The van der Waals surface area contributed by atoms with Gasteiger partial charge in [0.1, 0.15) is 6.33 Å². The number of halogens is 1. The van der Waals surface area contributed by atoms with Gasteiger partial charge in [0.15, 0.2) is 0 Å². The first kappa shape index (κ1) is 12.7. The Bertz CT molecular complexity index is 959. The molecule has 4 heteroatoms. The summed E-state index contributed by atoms with van der Waals surface area (Å²) in [7, 11) is 0. The Morgan fingerprint density at radius 2 is 1.77 bits per heavy atom. The zero-order valence-corrected chi connectivity index (χ0v) is 11.6. The first-order valence-electron chi connectivity index (χ1n) is 6.96. The molecule has 0 N–H and O–H groups in total. The summed E-state index contributed by atoms with van der Waals surface area (Å²) in [4.78, 5) is 8.10. The number of benzene rings is 2. The lowest BCUT2D eigenvalue weighted by atomic mass is 10.1. The van der Waals surface area contributed by atoms with E-state index in [1.165, 1.54) is 6.20 Å². The number of aromatic nitrogens is 3. The lowest BCUT2D eigenvalue weighted by Crippen LogP contribution is -1.93. The van der Waals surface area contributed by atoms with Crippen LogP contribution in [0, 0.1) is 5.95 Å². The third kappa shape index (κ3) is 2.05. The number of pyridine rings is 1. The summed E-state index contributed by atoms with van der Waals surface area (Å²) in [5.74, 6) is -0.463. The highest BCUT2D eigenvalue weighted by molar-refractivity contribution is 5.78. The van der Waals surface area contributed by atoms with Gasteiger partial charge in [-0.15, -0.1) is 0 Å². The van der Waals surface area contributed by atoms with Gasteiger partial charge in [-0.1, -0.05) is 24.3 Å². The van der Waals surface area contributed by atoms with E-state index >= 15 is 0 Å². The molecule has 2 heterocycles. The van der Waals surface area contributed by atoms with E-state index in [9.17, 15) is 4.39 Å². The van der Waals surface area contributed by atoms with E-state index in [4.69, 9.17) is 0 Å². The molecule has 4 aromatic rings. The smallest absolute Gasteiger partial charge is 0.220 e. The van der Waals surface area contributed by atoms with Crippen molar-refractivity contribution in [1.82, 2.24) is 14.5 Å². The number of nitrogens with zero attached hydrogens (tertiary/aromatic N) is 3. The number of fused-ring (bicyclic) bond motifs is 1. The van der Waals surface area contributed by atoms with Crippen molar-refractivity contribution in [2.45, 2.75) is 0 Å². The molecule has 4 rings (SSSR count). The Morgan fingerprint density at radius 3 is 2.68 bits per heavy atom. The van der Waals surface area contributed by atoms with Crippen LogP contribution in [0.3, 0.4) is 0 Å². The molecule has 0 aliphatic heterocycles. The number of hydrogen-bond donors (Lipinski definition) is 0. The van der Waals surface area contributed by atoms with E-state index in [0.29, 0.717) is 5.56 Å². The summed E-state index contributed by atoms with van der Waals surface area (Å²) < 4.78 is 15.9. The fraction of sp³-hybridized carbons (Fsp3) is 0. The Kier molecular flexibility index (Phi) is 2.93. The SMILES string of the molecule is Fc1ncccc1-c1cccc(-n2cnc3ccccc32)c1. The molecule has 0 saturated carbocycles. The van der Waals surface area contributed by atoms with Gasteiger partial charge in [0.2, 0.25) is 5.95 Å².